The van der Waals surface area contributed by atoms with Gasteiger partial charge in [0.2, 0.25) is 0 Å². The SMILES string of the molecule is CC/C=C\C[C@@H](O)C/C=C/C=C\C=C/C=C/[C@@H]1O[C@H]1C/C=C\CCC(=O)O. The number of carboxylic acid groups (broad SMARTS) is 1. The molecule has 0 aromatic rings. The molecule has 1 heterocycles. The first-order valence-corrected chi connectivity index (χ1v) is 9.65. The molecule has 3 atom stereocenters. The van der Waals surface area contributed by atoms with Crippen molar-refractivity contribution in [1.29, 1.82) is 0 Å². The zero-order valence-electron chi connectivity index (χ0n) is 16.1. The quantitative estimate of drug-likeness (QED) is 0.259. The van der Waals surface area contributed by atoms with E-state index in [1.54, 1.807) is 0 Å². The maximum Gasteiger partial charge on any atom is 0.303 e. The molecule has 148 valence electrons. The van der Waals surface area contributed by atoms with Crippen molar-refractivity contribution in [1.82, 2.24) is 0 Å². The monoisotopic (exact) mass is 372 g/mol. The van der Waals surface area contributed by atoms with Crippen molar-refractivity contribution >= 4 is 5.97 Å². The van der Waals surface area contributed by atoms with Gasteiger partial charge >= 0.3 is 5.97 Å². The molecule has 0 aromatic carbocycles. The largest absolute Gasteiger partial charge is 0.481 e. The Bertz CT molecular complexity index is 581. The molecule has 4 nitrogen and oxygen atoms in total. The first kappa shape index (κ1) is 22.9. The van der Waals surface area contributed by atoms with Crippen molar-refractivity contribution < 1.29 is 19.7 Å². The molecule has 27 heavy (non-hydrogen) atoms. The normalized spacial score (nSPS) is 21.7. The van der Waals surface area contributed by atoms with Crippen LogP contribution in [0.25, 0.3) is 0 Å². The van der Waals surface area contributed by atoms with E-state index in [1.807, 2.05) is 66.8 Å². The number of ether oxygens (including phenoxy) is 1. The molecule has 0 unspecified atom stereocenters. The lowest BCUT2D eigenvalue weighted by Crippen LogP contribution is -2.02. The van der Waals surface area contributed by atoms with Crippen molar-refractivity contribution in [2.24, 2.45) is 0 Å². The van der Waals surface area contributed by atoms with Crippen LogP contribution in [0.5, 0.6) is 0 Å². The standard InChI is InChI=1S/C23H32O4/c1-2-3-10-15-20(24)16-11-7-5-4-6-8-12-17-21-22(27-21)18-13-9-14-19-23(25)26/h3-13,17,20-22,24H,2,14-16,18-19H2,1H3,(H,25,26)/b5-4-,8-6-,10-3-,11-7+,13-9-,17-12+/t20-,21+,22+/m1/s1. The third-order valence-electron chi connectivity index (χ3n) is 3.89. The molecule has 0 spiro atoms. The van der Waals surface area contributed by atoms with E-state index in [9.17, 15) is 9.90 Å². The van der Waals surface area contributed by atoms with Crippen LogP contribution in [-0.4, -0.2) is 34.5 Å². The van der Waals surface area contributed by atoms with Gasteiger partial charge in [0, 0.05) is 6.42 Å². The van der Waals surface area contributed by atoms with Crippen molar-refractivity contribution in [3.63, 3.8) is 0 Å². The summed E-state index contributed by atoms with van der Waals surface area (Å²) >= 11 is 0. The second-order valence-electron chi connectivity index (χ2n) is 6.37. The smallest absolute Gasteiger partial charge is 0.303 e. The molecule has 0 saturated carbocycles. The number of aliphatic hydroxyl groups excluding tert-OH is 1. The minimum Gasteiger partial charge on any atom is -0.481 e. The Morgan fingerprint density at radius 3 is 2.41 bits per heavy atom. The van der Waals surface area contributed by atoms with Gasteiger partial charge in [-0.15, -0.1) is 0 Å². The molecule has 1 aliphatic heterocycles. The van der Waals surface area contributed by atoms with Gasteiger partial charge in [0.15, 0.2) is 0 Å². The van der Waals surface area contributed by atoms with Crippen LogP contribution < -0.4 is 0 Å². The highest BCUT2D eigenvalue weighted by Gasteiger charge is 2.34. The molecule has 2 N–H and O–H groups in total. The number of aliphatic hydroxyl groups is 1. The molecular formula is C23H32O4. The number of carboxylic acids is 1. The summed E-state index contributed by atoms with van der Waals surface area (Å²) in [4.78, 5) is 10.4. The summed E-state index contributed by atoms with van der Waals surface area (Å²) in [5, 5.41) is 18.3. The number of aliphatic carboxylic acids is 1. The fourth-order valence-electron chi connectivity index (χ4n) is 2.33. The molecule has 0 amide bonds. The Balaban J connectivity index is 2.08. The minimum absolute atomic E-state index is 0.158. The third-order valence-corrected chi connectivity index (χ3v) is 3.89. The van der Waals surface area contributed by atoms with E-state index in [4.69, 9.17) is 9.84 Å². The van der Waals surface area contributed by atoms with Gasteiger partial charge in [0.05, 0.1) is 12.2 Å². The number of allylic oxidation sites excluding steroid dienone is 8. The van der Waals surface area contributed by atoms with Crippen LogP contribution >= 0.6 is 0 Å². The lowest BCUT2D eigenvalue weighted by atomic mass is 10.1. The van der Waals surface area contributed by atoms with Crippen molar-refractivity contribution in [2.45, 2.75) is 63.8 Å². The lowest BCUT2D eigenvalue weighted by Gasteiger charge is -2.02. The van der Waals surface area contributed by atoms with E-state index < -0.39 is 5.97 Å². The molecule has 4 heteroatoms. The van der Waals surface area contributed by atoms with E-state index in [1.165, 1.54) is 0 Å². The summed E-state index contributed by atoms with van der Waals surface area (Å²) < 4.78 is 5.52. The topological polar surface area (TPSA) is 70.1 Å². The van der Waals surface area contributed by atoms with Crippen LogP contribution in [0.3, 0.4) is 0 Å². The Morgan fingerprint density at radius 1 is 0.963 bits per heavy atom. The van der Waals surface area contributed by atoms with Crippen LogP contribution in [0.1, 0.15) is 45.4 Å². The zero-order valence-corrected chi connectivity index (χ0v) is 16.1. The van der Waals surface area contributed by atoms with E-state index >= 15 is 0 Å². The summed E-state index contributed by atoms with van der Waals surface area (Å²) in [6.07, 6.45) is 27.7. The first-order valence-electron chi connectivity index (χ1n) is 9.65. The van der Waals surface area contributed by atoms with Crippen LogP contribution in [0.4, 0.5) is 0 Å². The fourth-order valence-corrected chi connectivity index (χ4v) is 2.33. The van der Waals surface area contributed by atoms with Gasteiger partial charge in [0.25, 0.3) is 0 Å². The highest BCUT2D eigenvalue weighted by Crippen LogP contribution is 2.26. The van der Waals surface area contributed by atoms with Crippen LogP contribution in [0.15, 0.2) is 72.9 Å². The second kappa shape index (κ2) is 14.9. The van der Waals surface area contributed by atoms with Gasteiger partial charge in [-0.25, -0.2) is 0 Å². The average Bonchev–Trinajstić information content (AvgIpc) is 3.38. The third kappa shape index (κ3) is 13.7. The molecule has 1 rings (SSSR count). The van der Waals surface area contributed by atoms with E-state index in [2.05, 4.69) is 13.0 Å². The Labute approximate surface area is 162 Å². The van der Waals surface area contributed by atoms with Gasteiger partial charge < -0.3 is 14.9 Å². The summed E-state index contributed by atoms with van der Waals surface area (Å²) in [7, 11) is 0. The molecule has 0 aromatic heterocycles. The summed E-state index contributed by atoms with van der Waals surface area (Å²) in [6.45, 7) is 2.08. The molecule has 0 aliphatic carbocycles. The number of epoxide rings is 1. The first-order chi connectivity index (χ1) is 13.1. The average molecular weight is 373 g/mol. The molecule has 1 aliphatic rings. The summed E-state index contributed by atoms with van der Waals surface area (Å²) in [5.74, 6) is -0.767. The maximum absolute atomic E-state index is 10.4. The number of hydrogen-bond donors (Lipinski definition) is 2. The zero-order chi connectivity index (χ0) is 19.7. The Morgan fingerprint density at radius 2 is 1.67 bits per heavy atom. The van der Waals surface area contributed by atoms with Gasteiger partial charge in [-0.1, -0.05) is 79.8 Å². The van der Waals surface area contributed by atoms with Gasteiger partial charge in [0.1, 0.15) is 6.10 Å². The molecule has 1 saturated heterocycles. The van der Waals surface area contributed by atoms with Crippen molar-refractivity contribution in [2.75, 3.05) is 0 Å². The predicted molar refractivity (Wildman–Crippen MR) is 111 cm³/mol. The fraction of sp³-hybridized carbons (Fsp3) is 0.435. The predicted octanol–water partition coefficient (Wildman–Crippen LogP) is 4.90. The van der Waals surface area contributed by atoms with Crippen LogP contribution in [-0.2, 0) is 9.53 Å². The summed E-state index contributed by atoms with van der Waals surface area (Å²) in [6, 6.07) is 0. The highest BCUT2D eigenvalue weighted by molar-refractivity contribution is 5.66. The number of carbonyl (C=O) groups is 1. The van der Waals surface area contributed by atoms with Gasteiger partial charge in [-0.2, -0.15) is 0 Å². The van der Waals surface area contributed by atoms with E-state index in [-0.39, 0.29) is 24.7 Å². The minimum atomic E-state index is -0.767. The molecule has 0 bridgehead atoms. The molecule has 0 radical (unpaired) electrons. The Kier molecular flexibility index (Phi) is 12.7. The molecular weight excluding hydrogens is 340 g/mol. The van der Waals surface area contributed by atoms with Crippen molar-refractivity contribution in [3.8, 4) is 0 Å². The van der Waals surface area contributed by atoms with Gasteiger partial charge in [-0.05, 0) is 32.1 Å². The second-order valence-corrected chi connectivity index (χ2v) is 6.37. The van der Waals surface area contributed by atoms with Gasteiger partial charge in [-0.3, -0.25) is 4.79 Å². The van der Waals surface area contributed by atoms with Crippen LogP contribution in [0.2, 0.25) is 0 Å². The number of rotatable bonds is 14. The number of hydrogen-bond acceptors (Lipinski definition) is 3. The van der Waals surface area contributed by atoms with Crippen LogP contribution in [0, 0.1) is 0 Å². The Hall–Kier alpha value is -2.17. The maximum atomic E-state index is 10.4. The van der Waals surface area contributed by atoms with E-state index in [0.29, 0.717) is 19.3 Å². The van der Waals surface area contributed by atoms with E-state index in [0.717, 1.165) is 12.8 Å². The lowest BCUT2D eigenvalue weighted by molar-refractivity contribution is -0.136. The van der Waals surface area contributed by atoms with Crippen molar-refractivity contribution in [3.05, 3.63) is 72.9 Å². The summed E-state index contributed by atoms with van der Waals surface area (Å²) in [5.41, 5.74) is 0. The molecule has 1 fully saturated rings. The highest BCUT2D eigenvalue weighted by atomic mass is 16.6.